The lowest BCUT2D eigenvalue weighted by atomic mass is 10.3. The molecule has 1 aromatic carbocycles. The molecule has 0 amide bonds. The van der Waals surface area contributed by atoms with E-state index in [-0.39, 0.29) is 0 Å². The van der Waals surface area contributed by atoms with Crippen molar-refractivity contribution in [2.45, 2.75) is 0 Å². The van der Waals surface area contributed by atoms with Crippen LogP contribution in [0.15, 0.2) is 12.1 Å². The third-order valence-electron chi connectivity index (χ3n) is 2.12. The van der Waals surface area contributed by atoms with Crippen molar-refractivity contribution >= 4 is 14.0 Å². The van der Waals surface area contributed by atoms with Gasteiger partial charge in [0.15, 0.2) is 0 Å². The molecular weight excluding hydrogens is 241 g/mol. The molecular formula is C9H11F3O3Si. The van der Waals surface area contributed by atoms with Crippen molar-refractivity contribution < 1.29 is 26.4 Å². The van der Waals surface area contributed by atoms with Crippen molar-refractivity contribution in [3.8, 4) is 0 Å². The fourth-order valence-electron chi connectivity index (χ4n) is 1.39. The van der Waals surface area contributed by atoms with E-state index < -0.39 is 31.4 Å². The molecule has 0 spiro atoms. The van der Waals surface area contributed by atoms with Crippen LogP contribution in [0.1, 0.15) is 0 Å². The zero-order valence-electron chi connectivity index (χ0n) is 9.01. The molecule has 0 saturated heterocycles. The Labute approximate surface area is 92.1 Å². The van der Waals surface area contributed by atoms with Crippen LogP contribution in [-0.2, 0) is 13.3 Å². The summed E-state index contributed by atoms with van der Waals surface area (Å²) in [6.45, 7) is 0. The summed E-state index contributed by atoms with van der Waals surface area (Å²) in [4.78, 5) is 0. The van der Waals surface area contributed by atoms with Crippen LogP contribution in [-0.4, -0.2) is 30.1 Å². The van der Waals surface area contributed by atoms with Crippen molar-refractivity contribution in [2.24, 2.45) is 0 Å². The molecule has 0 aliphatic carbocycles. The minimum Gasteiger partial charge on any atom is -0.373 e. The first-order chi connectivity index (χ1) is 7.50. The van der Waals surface area contributed by atoms with E-state index in [4.69, 9.17) is 13.3 Å². The predicted octanol–water partition coefficient (Wildman–Crippen LogP) is 1.19. The summed E-state index contributed by atoms with van der Waals surface area (Å²) in [6.07, 6.45) is 0. The Balaban J connectivity index is 3.40. The molecule has 3 nitrogen and oxygen atoms in total. The van der Waals surface area contributed by atoms with Crippen molar-refractivity contribution in [3.05, 3.63) is 29.6 Å². The minimum atomic E-state index is -3.62. The van der Waals surface area contributed by atoms with Gasteiger partial charge in [-0.25, -0.2) is 13.2 Å². The molecule has 0 saturated carbocycles. The normalized spacial score (nSPS) is 11.9. The maximum atomic E-state index is 13.5. The van der Waals surface area contributed by atoms with Gasteiger partial charge in [0.1, 0.15) is 17.5 Å². The van der Waals surface area contributed by atoms with Gasteiger partial charge in [-0.1, -0.05) is 0 Å². The van der Waals surface area contributed by atoms with E-state index >= 15 is 0 Å². The van der Waals surface area contributed by atoms with Gasteiger partial charge in [-0.15, -0.1) is 0 Å². The second-order valence-corrected chi connectivity index (χ2v) is 5.75. The summed E-state index contributed by atoms with van der Waals surface area (Å²) < 4.78 is 54.4. The SMILES string of the molecule is CO[Si](OC)(OC)c1c(F)cc(F)cc1F. The van der Waals surface area contributed by atoms with E-state index in [0.717, 1.165) is 0 Å². The third kappa shape index (κ3) is 2.12. The lowest BCUT2D eigenvalue weighted by molar-refractivity contribution is 0.138. The zero-order valence-corrected chi connectivity index (χ0v) is 10.0. The molecule has 0 N–H and O–H groups in total. The molecule has 0 fully saturated rings. The Morgan fingerprint density at radius 3 is 1.56 bits per heavy atom. The fraction of sp³-hybridized carbons (Fsp3) is 0.333. The Hall–Kier alpha value is -0.893. The van der Waals surface area contributed by atoms with Gasteiger partial charge >= 0.3 is 8.80 Å². The molecule has 0 aliphatic rings. The van der Waals surface area contributed by atoms with Crippen LogP contribution in [0.4, 0.5) is 13.2 Å². The molecule has 0 aliphatic heterocycles. The summed E-state index contributed by atoms with van der Waals surface area (Å²) in [5.74, 6) is -3.19. The Bertz CT molecular complexity index is 351. The van der Waals surface area contributed by atoms with Gasteiger partial charge in [0, 0.05) is 33.5 Å². The number of benzene rings is 1. The van der Waals surface area contributed by atoms with Gasteiger partial charge in [0.05, 0.1) is 5.19 Å². The van der Waals surface area contributed by atoms with Gasteiger partial charge in [0.25, 0.3) is 0 Å². The maximum absolute atomic E-state index is 13.5. The third-order valence-corrected chi connectivity index (χ3v) is 4.82. The first-order valence-electron chi connectivity index (χ1n) is 4.31. The number of rotatable bonds is 4. The molecule has 0 heterocycles. The van der Waals surface area contributed by atoms with E-state index in [1.807, 2.05) is 0 Å². The second-order valence-electron chi connectivity index (χ2n) is 2.91. The zero-order chi connectivity index (χ0) is 12.3. The fourth-order valence-corrected chi connectivity index (χ4v) is 3.23. The molecule has 0 atom stereocenters. The number of halogens is 3. The highest BCUT2D eigenvalue weighted by atomic mass is 28.4. The number of hydrogen-bond acceptors (Lipinski definition) is 3. The van der Waals surface area contributed by atoms with Crippen molar-refractivity contribution in [3.63, 3.8) is 0 Å². The van der Waals surface area contributed by atoms with Gasteiger partial charge in [-0.05, 0) is 0 Å². The highest BCUT2D eigenvalue weighted by Crippen LogP contribution is 2.14. The molecule has 0 bridgehead atoms. The Kier molecular flexibility index (Phi) is 4.08. The average molecular weight is 252 g/mol. The molecule has 90 valence electrons. The molecule has 7 heteroatoms. The van der Waals surface area contributed by atoms with Gasteiger partial charge in [-0.2, -0.15) is 0 Å². The van der Waals surface area contributed by atoms with Crippen LogP contribution in [0, 0.1) is 17.5 Å². The largest absolute Gasteiger partial charge is 0.542 e. The predicted molar refractivity (Wildman–Crippen MR) is 52.7 cm³/mol. The quantitative estimate of drug-likeness (QED) is 0.753. The van der Waals surface area contributed by atoms with Crippen LogP contribution in [0.3, 0.4) is 0 Å². The van der Waals surface area contributed by atoms with Gasteiger partial charge in [0.2, 0.25) is 0 Å². The van der Waals surface area contributed by atoms with E-state index in [1.165, 1.54) is 21.3 Å². The molecule has 1 aromatic rings. The standard InChI is InChI=1S/C9H11F3O3Si/c1-13-16(14-2,15-3)9-7(11)4-6(10)5-8(9)12/h4-5H,1-3H3. The van der Waals surface area contributed by atoms with E-state index in [9.17, 15) is 13.2 Å². The lowest BCUT2D eigenvalue weighted by Gasteiger charge is -2.25. The van der Waals surface area contributed by atoms with Crippen LogP contribution in [0.2, 0.25) is 0 Å². The topological polar surface area (TPSA) is 27.7 Å². The Morgan fingerprint density at radius 2 is 1.25 bits per heavy atom. The summed E-state index contributed by atoms with van der Waals surface area (Å²) >= 11 is 0. The van der Waals surface area contributed by atoms with E-state index in [1.54, 1.807) is 0 Å². The van der Waals surface area contributed by atoms with E-state index in [2.05, 4.69) is 0 Å². The lowest BCUT2D eigenvalue weighted by Crippen LogP contribution is -2.57. The van der Waals surface area contributed by atoms with Crippen LogP contribution < -0.4 is 5.19 Å². The van der Waals surface area contributed by atoms with Crippen LogP contribution in [0.25, 0.3) is 0 Å². The molecule has 0 radical (unpaired) electrons. The van der Waals surface area contributed by atoms with Gasteiger partial charge < -0.3 is 13.3 Å². The minimum absolute atomic E-state index is 0.499. The summed E-state index contributed by atoms with van der Waals surface area (Å²) in [5.41, 5.74) is 0. The smallest absolute Gasteiger partial charge is 0.373 e. The first kappa shape index (κ1) is 13.2. The monoisotopic (exact) mass is 252 g/mol. The highest BCUT2D eigenvalue weighted by molar-refractivity contribution is 6.75. The van der Waals surface area contributed by atoms with Crippen LogP contribution >= 0.6 is 0 Å². The summed E-state index contributed by atoms with van der Waals surface area (Å²) in [7, 11) is 0.00712. The average Bonchev–Trinajstić information content (AvgIpc) is 2.23. The molecule has 0 aromatic heterocycles. The second kappa shape index (κ2) is 4.96. The van der Waals surface area contributed by atoms with Crippen LogP contribution in [0.5, 0.6) is 0 Å². The highest BCUT2D eigenvalue weighted by Gasteiger charge is 2.46. The molecule has 1 rings (SSSR count). The number of hydrogen-bond donors (Lipinski definition) is 0. The molecule has 0 unspecified atom stereocenters. The Morgan fingerprint density at radius 1 is 0.875 bits per heavy atom. The van der Waals surface area contributed by atoms with Gasteiger partial charge in [-0.3, -0.25) is 0 Å². The summed E-state index contributed by atoms with van der Waals surface area (Å²) in [6, 6.07) is 1.11. The van der Waals surface area contributed by atoms with Crippen molar-refractivity contribution in [2.75, 3.05) is 21.3 Å². The summed E-state index contributed by atoms with van der Waals surface area (Å²) in [5, 5.41) is -0.499. The molecule has 16 heavy (non-hydrogen) atoms. The van der Waals surface area contributed by atoms with E-state index in [0.29, 0.717) is 12.1 Å². The first-order valence-corrected chi connectivity index (χ1v) is 6.03. The van der Waals surface area contributed by atoms with Crippen molar-refractivity contribution in [1.29, 1.82) is 0 Å². The van der Waals surface area contributed by atoms with Crippen molar-refractivity contribution in [1.82, 2.24) is 0 Å². The maximum Gasteiger partial charge on any atom is 0.542 e.